The van der Waals surface area contributed by atoms with Crippen molar-refractivity contribution in [1.82, 2.24) is 0 Å². The predicted octanol–water partition coefficient (Wildman–Crippen LogP) is 3.87. The highest BCUT2D eigenvalue weighted by Crippen LogP contribution is 2.20. The summed E-state index contributed by atoms with van der Waals surface area (Å²) in [6, 6.07) is 10.4. The third kappa shape index (κ3) is 3.75. The average Bonchev–Trinajstić information content (AvgIpc) is 2.40. The maximum Gasteiger partial charge on any atom is 0.129 e. The van der Waals surface area contributed by atoms with Gasteiger partial charge in [-0.15, -0.1) is 0 Å². The minimum absolute atomic E-state index is 0.0513. The van der Waals surface area contributed by atoms with Crippen LogP contribution in [0, 0.1) is 11.6 Å². The van der Waals surface area contributed by atoms with Crippen molar-refractivity contribution in [2.75, 3.05) is 11.9 Å². The Morgan fingerprint density at radius 3 is 2.47 bits per heavy atom. The molecular formula is C14H12BrF2NO. The Hall–Kier alpha value is -1.46. The summed E-state index contributed by atoms with van der Waals surface area (Å²) in [6.45, 7) is 0.0992. The maximum absolute atomic E-state index is 13.4. The first-order valence-corrected chi connectivity index (χ1v) is 6.48. The molecule has 1 unspecified atom stereocenters. The largest absolute Gasteiger partial charge is 0.386 e. The van der Waals surface area contributed by atoms with Crippen LogP contribution in [0.4, 0.5) is 14.5 Å². The van der Waals surface area contributed by atoms with Gasteiger partial charge in [-0.05, 0) is 42.5 Å². The van der Waals surface area contributed by atoms with E-state index in [2.05, 4.69) is 21.2 Å². The zero-order chi connectivity index (χ0) is 13.8. The number of aliphatic hydroxyl groups is 1. The molecule has 0 aliphatic rings. The number of aliphatic hydroxyl groups excluding tert-OH is 1. The van der Waals surface area contributed by atoms with Crippen LogP contribution in [-0.4, -0.2) is 11.7 Å². The van der Waals surface area contributed by atoms with Gasteiger partial charge in [0.1, 0.15) is 11.6 Å². The fourth-order valence-electron chi connectivity index (χ4n) is 1.66. The van der Waals surface area contributed by atoms with Crippen molar-refractivity contribution in [2.24, 2.45) is 0 Å². The fraction of sp³-hybridized carbons (Fsp3) is 0.143. The highest BCUT2D eigenvalue weighted by Gasteiger charge is 2.13. The van der Waals surface area contributed by atoms with Crippen LogP contribution >= 0.6 is 15.9 Å². The van der Waals surface area contributed by atoms with Gasteiger partial charge < -0.3 is 10.4 Å². The monoisotopic (exact) mass is 327 g/mol. The Morgan fingerprint density at radius 2 is 1.79 bits per heavy atom. The zero-order valence-electron chi connectivity index (χ0n) is 9.91. The Labute approximate surface area is 118 Å². The molecule has 2 aromatic rings. The third-order valence-corrected chi connectivity index (χ3v) is 3.19. The van der Waals surface area contributed by atoms with Gasteiger partial charge in [0.05, 0.1) is 6.10 Å². The molecule has 0 amide bonds. The Morgan fingerprint density at radius 1 is 1.11 bits per heavy atom. The molecule has 0 saturated heterocycles. The number of anilines is 1. The van der Waals surface area contributed by atoms with Crippen LogP contribution in [0.25, 0.3) is 0 Å². The Bertz CT molecular complexity index is 560. The summed E-state index contributed by atoms with van der Waals surface area (Å²) >= 11 is 3.31. The highest BCUT2D eigenvalue weighted by molar-refractivity contribution is 9.10. The number of halogens is 3. The van der Waals surface area contributed by atoms with Gasteiger partial charge in [0.15, 0.2) is 0 Å². The van der Waals surface area contributed by atoms with Crippen LogP contribution in [0.3, 0.4) is 0 Å². The van der Waals surface area contributed by atoms with Crippen molar-refractivity contribution in [2.45, 2.75) is 6.10 Å². The van der Waals surface area contributed by atoms with Gasteiger partial charge in [-0.2, -0.15) is 0 Å². The van der Waals surface area contributed by atoms with Crippen molar-refractivity contribution in [1.29, 1.82) is 0 Å². The molecule has 0 aromatic heterocycles. The molecular weight excluding hydrogens is 316 g/mol. The molecule has 0 aliphatic carbocycles. The number of rotatable bonds is 4. The minimum Gasteiger partial charge on any atom is -0.386 e. The molecule has 0 fully saturated rings. The van der Waals surface area contributed by atoms with Crippen LogP contribution in [0.2, 0.25) is 0 Å². The lowest BCUT2D eigenvalue weighted by Gasteiger charge is -2.14. The smallest absolute Gasteiger partial charge is 0.129 e. The van der Waals surface area contributed by atoms with Gasteiger partial charge in [-0.25, -0.2) is 8.78 Å². The molecule has 2 aromatic carbocycles. The van der Waals surface area contributed by atoms with Crippen molar-refractivity contribution in [3.63, 3.8) is 0 Å². The molecule has 1 atom stereocenters. The zero-order valence-corrected chi connectivity index (χ0v) is 11.5. The molecule has 100 valence electrons. The second-order valence-electron chi connectivity index (χ2n) is 4.07. The lowest BCUT2D eigenvalue weighted by atomic mass is 10.1. The molecule has 0 radical (unpaired) electrons. The van der Waals surface area contributed by atoms with E-state index in [9.17, 15) is 13.9 Å². The van der Waals surface area contributed by atoms with Gasteiger partial charge in [-0.3, -0.25) is 0 Å². The Balaban J connectivity index is 2.03. The second kappa shape index (κ2) is 6.12. The lowest BCUT2D eigenvalue weighted by Crippen LogP contribution is -2.13. The summed E-state index contributed by atoms with van der Waals surface area (Å²) in [5.74, 6) is -1.19. The van der Waals surface area contributed by atoms with E-state index >= 15 is 0 Å². The van der Waals surface area contributed by atoms with Crippen LogP contribution < -0.4 is 5.32 Å². The number of nitrogens with one attached hydrogen (secondary N) is 1. The van der Waals surface area contributed by atoms with Crippen LogP contribution in [0.5, 0.6) is 0 Å². The summed E-state index contributed by atoms with van der Waals surface area (Å²) < 4.78 is 27.4. The topological polar surface area (TPSA) is 32.3 Å². The summed E-state index contributed by atoms with van der Waals surface area (Å²) in [5.41, 5.74) is 0.740. The van der Waals surface area contributed by atoms with E-state index < -0.39 is 17.7 Å². The third-order valence-electron chi connectivity index (χ3n) is 2.66. The van der Waals surface area contributed by atoms with E-state index in [-0.39, 0.29) is 12.1 Å². The molecule has 5 heteroatoms. The van der Waals surface area contributed by atoms with Crippen molar-refractivity contribution < 1.29 is 13.9 Å². The van der Waals surface area contributed by atoms with Crippen LogP contribution in [0.15, 0.2) is 46.9 Å². The average molecular weight is 328 g/mol. The summed E-state index contributed by atoms with van der Waals surface area (Å²) in [5, 5.41) is 12.8. The first kappa shape index (κ1) is 14.0. The molecule has 0 bridgehead atoms. The van der Waals surface area contributed by atoms with Gasteiger partial charge in [0.25, 0.3) is 0 Å². The minimum atomic E-state index is -1.11. The number of hydrogen-bond acceptors (Lipinski definition) is 2. The van der Waals surface area contributed by atoms with E-state index in [1.807, 2.05) is 24.3 Å². The SMILES string of the molecule is OC(CNc1ccc(Br)cc1)c1cc(F)ccc1F. The molecule has 19 heavy (non-hydrogen) atoms. The molecule has 0 heterocycles. The second-order valence-corrected chi connectivity index (χ2v) is 4.99. The molecule has 0 spiro atoms. The van der Waals surface area contributed by atoms with Crippen LogP contribution in [0.1, 0.15) is 11.7 Å². The van der Waals surface area contributed by atoms with Crippen molar-refractivity contribution in [3.8, 4) is 0 Å². The standard InChI is InChI=1S/C14H12BrF2NO/c15-9-1-4-11(5-2-9)18-8-14(19)12-7-10(16)3-6-13(12)17/h1-7,14,18-19H,8H2. The van der Waals surface area contributed by atoms with E-state index in [4.69, 9.17) is 0 Å². The first-order valence-electron chi connectivity index (χ1n) is 5.69. The number of hydrogen-bond donors (Lipinski definition) is 2. The first-order chi connectivity index (χ1) is 9.06. The van der Waals surface area contributed by atoms with E-state index in [1.165, 1.54) is 0 Å². The maximum atomic E-state index is 13.4. The summed E-state index contributed by atoms with van der Waals surface area (Å²) in [7, 11) is 0. The lowest BCUT2D eigenvalue weighted by molar-refractivity contribution is 0.186. The van der Waals surface area contributed by atoms with E-state index in [0.717, 1.165) is 28.4 Å². The van der Waals surface area contributed by atoms with Gasteiger partial charge in [0, 0.05) is 22.3 Å². The normalized spacial score (nSPS) is 12.2. The highest BCUT2D eigenvalue weighted by atomic mass is 79.9. The quantitative estimate of drug-likeness (QED) is 0.893. The summed E-state index contributed by atoms with van der Waals surface area (Å²) in [4.78, 5) is 0. The van der Waals surface area contributed by atoms with Crippen molar-refractivity contribution >= 4 is 21.6 Å². The predicted molar refractivity (Wildman–Crippen MR) is 73.9 cm³/mol. The van der Waals surface area contributed by atoms with Gasteiger partial charge in [0.2, 0.25) is 0 Å². The molecule has 2 N–H and O–H groups in total. The molecule has 2 nitrogen and oxygen atoms in total. The van der Waals surface area contributed by atoms with E-state index in [1.54, 1.807) is 0 Å². The van der Waals surface area contributed by atoms with E-state index in [0.29, 0.717) is 0 Å². The molecule has 0 aliphatic heterocycles. The van der Waals surface area contributed by atoms with Gasteiger partial charge in [-0.1, -0.05) is 15.9 Å². The molecule has 0 saturated carbocycles. The fourth-order valence-corrected chi connectivity index (χ4v) is 1.93. The Kier molecular flexibility index (Phi) is 4.50. The van der Waals surface area contributed by atoms with Gasteiger partial charge >= 0.3 is 0 Å². The number of benzene rings is 2. The molecule has 2 rings (SSSR count). The van der Waals surface area contributed by atoms with Crippen molar-refractivity contribution in [3.05, 3.63) is 64.1 Å². The summed E-state index contributed by atoms with van der Waals surface area (Å²) in [6.07, 6.45) is -1.11. The van der Waals surface area contributed by atoms with Crippen LogP contribution in [-0.2, 0) is 0 Å².